The topological polar surface area (TPSA) is 75.3 Å². The Kier molecular flexibility index (Phi) is 6.02. The van der Waals surface area contributed by atoms with E-state index in [4.69, 9.17) is 11.6 Å². The second-order valence-corrected chi connectivity index (χ2v) is 4.60. The van der Waals surface area contributed by atoms with Crippen LogP contribution >= 0.6 is 11.6 Å². The van der Waals surface area contributed by atoms with Crippen molar-refractivity contribution in [2.24, 2.45) is 0 Å². The third kappa shape index (κ3) is 9.59. The molecule has 0 rings (SSSR count). The van der Waals surface area contributed by atoms with E-state index in [0.29, 0.717) is 19.5 Å². The molecule has 0 aliphatic carbocycles. The van der Waals surface area contributed by atoms with E-state index in [-0.39, 0.29) is 11.8 Å². The highest BCUT2D eigenvalue weighted by molar-refractivity contribution is 7.88. The normalized spacial score (nSPS) is 11.2. The molecule has 0 spiro atoms. The average Bonchev–Trinajstić information content (AvgIpc) is 2.01. The minimum Gasteiger partial charge on any atom is -0.355 e. The Balaban J connectivity index is 3.33. The molecule has 0 aromatic rings. The van der Waals surface area contributed by atoms with Gasteiger partial charge < -0.3 is 5.32 Å². The number of carbonyl (C=O) groups is 1. The van der Waals surface area contributed by atoms with Gasteiger partial charge in [0.1, 0.15) is 5.88 Å². The standard InChI is InChI=1S/C6H13ClN2O3S/c1-13(11,12)9-4-2-3-8-6(10)5-7/h9H,2-5H2,1H3,(H,8,10). The summed E-state index contributed by atoms with van der Waals surface area (Å²) in [6.07, 6.45) is 1.64. The summed E-state index contributed by atoms with van der Waals surface area (Å²) in [6.45, 7) is 0.746. The first-order valence-electron chi connectivity index (χ1n) is 3.73. The maximum absolute atomic E-state index is 10.6. The summed E-state index contributed by atoms with van der Waals surface area (Å²) in [7, 11) is -3.12. The van der Waals surface area contributed by atoms with E-state index in [1.165, 1.54) is 0 Å². The zero-order valence-corrected chi connectivity index (χ0v) is 8.91. The molecule has 0 unspecified atom stereocenters. The van der Waals surface area contributed by atoms with Crippen LogP contribution < -0.4 is 10.0 Å². The number of halogens is 1. The largest absolute Gasteiger partial charge is 0.355 e. The molecule has 0 heterocycles. The van der Waals surface area contributed by atoms with E-state index in [2.05, 4.69) is 10.0 Å². The van der Waals surface area contributed by atoms with Crippen molar-refractivity contribution in [3.63, 3.8) is 0 Å². The van der Waals surface area contributed by atoms with Gasteiger partial charge in [0.15, 0.2) is 0 Å². The van der Waals surface area contributed by atoms with Crippen molar-refractivity contribution in [1.82, 2.24) is 10.0 Å². The Morgan fingerprint density at radius 2 is 2.00 bits per heavy atom. The second kappa shape index (κ2) is 6.17. The molecule has 0 atom stereocenters. The van der Waals surface area contributed by atoms with Gasteiger partial charge in [0.05, 0.1) is 6.26 Å². The molecule has 5 nitrogen and oxygen atoms in total. The Labute approximate surface area is 82.9 Å². The van der Waals surface area contributed by atoms with Crippen LogP contribution in [0.4, 0.5) is 0 Å². The van der Waals surface area contributed by atoms with Crippen molar-refractivity contribution in [2.75, 3.05) is 25.2 Å². The van der Waals surface area contributed by atoms with Gasteiger partial charge in [-0.25, -0.2) is 13.1 Å². The third-order valence-electron chi connectivity index (χ3n) is 1.16. The van der Waals surface area contributed by atoms with E-state index in [1.54, 1.807) is 0 Å². The molecule has 0 aromatic carbocycles. The maximum Gasteiger partial charge on any atom is 0.234 e. The van der Waals surface area contributed by atoms with Crippen molar-refractivity contribution >= 4 is 27.5 Å². The second-order valence-electron chi connectivity index (χ2n) is 2.50. The van der Waals surface area contributed by atoms with Crippen LogP contribution in [0.5, 0.6) is 0 Å². The highest BCUT2D eigenvalue weighted by Crippen LogP contribution is 1.79. The molecule has 2 N–H and O–H groups in total. The smallest absolute Gasteiger partial charge is 0.234 e. The zero-order chi connectivity index (χ0) is 10.3. The molecule has 0 aliphatic rings. The minimum absolute atomic E-state index is 0.0699. The van der Waals surface area contributed by atoms with Gasteiger partial charge in [-0.15, -0.1) is 11.6 Å². The molecular formula is C6H13ClN2O3S. The quantitative estimate of drug-likeness (QED) is 0.466. The van der Waals surface area contributed by atoms with E-state index in [1.807, 2.05) is 0 Å². The van der Waals surface area contributed by atoms with Crippen LogP contribution in [0.25, 0.3) is 0 Å². The lowest BCUT2D eigenvalue weighted by molar-refractivity contribution is -0.118. The molecule has 13 heavy (non-hydrogen) atoms. The SMILES string of the molecule is CS(=O)(=O)NCCCNC(=O)CCl. The Morgan fingerprint density at radius 1 is 1.38 bits per heavy atom. The first-order valence-corrected chi connectivity index (χ1v) is 6.15. The maximum atomic E-state index is 10.6. The summed E-state index contributed by atoms with van der Waals surface area (Å²) < 4.78 is 23.4. The Morgan fingerprint density at radius 3 is 2.46 bits per heavy atom. The highest BCUT2D eigenvalue weighted by Gasteiger charge is 1.99. The fourth-order valence-corrected chi connectivity index (χ4v) is 1.23. The molecule has 0 radical (unpaired) electrons. The zero-order valence-electron chi connectivity index (χ0n) is 7.34. The van der Waals surface area contributed by atoms with Crippen LogP contribution in [0.2, 0.25) is 0 Å². The van der Waals surface area contributed by atoms with Crippen LogP contribution in [0, 0.1) is 0 Å². The molecule has 0 aliphatic heterocycles. The van der Waals surface area contributed by atoms with Crippen molar-refractivity contribution in [1.29, 1.82) is 0 Å². The van der Waals surface area contributed by atoms with Crippen LogP contribution in [0.15, 0.2) is 0 Å². The summed E-state index contributed by atoms with van der Waals surface area (Å²) in [5.41, 5.74) is 0. The van der Waals surface area contributed by atoms with Gasteiger partial charge in [-0.1, -0.05) is 0 Å². The molecule has 0 saturated heterocycles. The van der Waals surface area contributed by atoms with Gasteiger partial charge in [-0.2, -0.15) is 0 Å². The number of hydrogen-bond donors (Lipinski definition) is 2. The predicted molar refractivity (Wildman–Crippen MR) is 51.2 cm³/mol. The molecule has 0 aromatic heterocycles. The van der Waals surface area contributed by atoms with E-state index in [9.17, 15) is 13.2 Å². The number of nitrogens with one attached hydrogen (secondary N) is 2. The molecule has 0 saturated carbocycles. The summed E-state index contributed by atoms with van der Waals surface area (Å²) in [5, 5.41) is 2.51. The lowest BCUT2D eigenvalue weighted by Gasteiger charge is -2.03. The number of sulfonamides is 1. The van der Waals surface area contributed by atoms with E-state index >= 15 is 0 Å². The minimum atomic E-state index is -3.12. The molecule has 1 amide bonds. The van der Waals surface area contributed by atoms with Gasteiger partial charge in [0.2, 0.25) is 15.9 Å². The van der Waals surface area contributed by atoms with Gasteiger partial charge in [-0.05, 0) is 6.42 Å². The molecular weight excluding hydrogens is 216 g/mol. The van der Waals surface area contributed by atoms with Gasteiger partial charge in [-0.3, -0.25) is 4.79 Å². The lowest BCUT2D eigenvalue weighted by Crippen LogP contribution is -2.29. The number of amides is 1. The van der Waals surface area contributed by atoms with E-state index < -0.39 is 10.0 Å². The fraction of sp³-hybridized carbons (Fsp3) is 0.833. The van der Waals surface area contributed by atoms with Crippen LogP contribution in [0.1, 0.15) is 6.42 Å². The first-order chi connectivity index (χ1) is 5.95. The average molecular weight is 229 g/mol. The Bertz CT molecular complexity index is 253. The van der Waals surface area contributed by atoms with Crippen molar-refractivity contribution in [2.45, 2.75) is 6.42 Å². The monoisotopic (exact) mass is 228 g/mol. The number of rotatable bonds is 6. The van der Waals surface area contributed by atoms with E-state index in [0.717, 1.165) is 6.26 Å². The van der Waals surface area contributed by atoms with Crippen molar-refractivity contribution in [3.05, 3.63) is 0 Å². The highest BCUT2D eigenvalue weighted by atomic mass is 35.5. The van der Waals surface area contributed by atoms with Gasteiger partial charge in [0, 0.05) is 13.1 Å². The van der Waals surface area contributed by atoms with Crippen LogP contribution in [-0.4, -0.2) is 39.6 Å². The lowest BCUT2D eigenvalue weighted by atomic mass is 10.4. The summed E-state index contributed by atoms with van der Waals surface area (Å²) in [4.78, 5) is 10.6. The van der Waals surface area contributed by atoms with Gasteiger partial charge >= 0.3 is 0 Å². The first kappa shape index (κ1) is 12.7. The number of hydrogen-bond acceptors (Lipinski definition) is 3. The Hall–Kier alpha value is -0.330. The fourth-order valence-electron chi connectivity index (χ4n) is 0.621. The van der Waals surface area contributed by atoms with Crippen LogP contribution in [0.3, 0.4) is 0 Å². The summed E-state index contributed by atoms with van der Waals surface area (Å²) >= 11 is 5.21. The van der Waals surface area contributed by atoms with Crippen molar-refractivity contribution < 1.29 is 13.2 Å². The number of carbonyl (C=O) groups excluding carboxylic acids is 1. The van der Waals surface area contributed by atoms with Crippen molar-refractivity contribution in [3.8, 4) is 0 Å². The predicted octanol–water partition coefficient (Wildman–Crippen LogP) is -0.719. The van der Waals surface area contributed by atoms with Crippen LogP contribution in [-0.2, 0) is 14.8 Å². The molecule has 0 bridgehead atoms. The third-order valence-corrected chi connectivity index (χ3v) is 2.13. The molecule has 78 valence electrons. The number of alkyl halides is 1. The van der Waals surface area contributed by atoms with Gasteiger partial charge in [0.25, 0.3) is 0 Å². The summed E-state index contributed by atoms with van der Waals surface area (Å²) in [6, 6.07) is 0. The molecule has 0 fully saturated rings. The summed E-state index contributed by atoms with van der Waals surface area (Å²) in [5.74, 6) is -0.319. The molecule has 7 heteroatoms.